The van der Waals surface area contributed by atoms with Gasteiger partial charge in [0.1, 0.15) is 17.0 Å². The van der Waals surface area contributed by atoms with Gasteiger partial charge in [-0.15, -0.1) is 0 Å². The lowest BCUT2D eigenvalue weighted by atomic mass is 10.0. The molecule has 2 aromatic rings. The van der Waals surface area contributed by atoms with Gasteiger partial charge >= 0.3 is 6.09 Å². The molecule has 0 aromatic heterocycles. The Labute approximate surface area is 187 Å². The topological polar surface area (TPSA) is 88.1 Å². The van der Waals surface area contributed by atoms with Gasteiger partial charge in [-0.3, -0.25) is 18.9 Å². The van der Waals surface area contributed by atoms with Crippen LogP contribution in [0, 0.1) is 5.82 Å². The summed E-state index contributed by atoms with van der Waals surface area (Å²) in [4.78, 5) is 28.6. The molecule has 1 N–H and O–H groups in total. The average molecular weight is 456 g/mol. The van der Waals surface area contributed by atoms with Crippen molar-refractivity contribution in [3.05, 3.63) is 66.1 Å². The Morgan fingerprint density at radius 2 is 2.06 bits per heavy atom. The molecule has 2 heterocycles. The number of aliphatic imine (C=N–C) groups is 1. The summed E-state index contributed by atoms with van der Waals surface area (Å²) in [5.41, 5.74) is 2.34. The number of allylic oxidation sites excluding steroid dienone is 1. The van der Waals surface area contributed by atoms with Crippen LogP contribution in [0.1, 0.15) is 18.9 Å². The van der Waals surface area contributed by atoms with E-state index in [0.717, 1.165) is 5.56 Å². The van der Waals surface area contributed by atoms with Crippen molar-refractivity contribution >= 4 is 33.5 Å². The summed E-state index contributed by atoms with van der Waals surface area (Å²) in [6.45, 7) is 1.82. The van der Waals surface area contributed by atoms with Crippen LogP contribution in [0.4, 0.5) is 14.9 Å². The van der Waals surface area contributed by atoms with Crippen LogP contribution < -0.4 is 10.2 Å². The van der Waals surface area contributed by atoms with E-state index in [-0.39, 0.29) is 19.0 Å². The molecule has 0 aliphatic carbocycles. The van der Waals surface area contributed by atoms with Crippen LogP contribution >= 0.6 is 0 Å². The monoisotopic (exact) mass is 455 g/mol. The first-order valence-corrected chi connectivity index (χ1v) is 11.4. The third kappa shape index (κ3) is 4.94. The van der Waals surface area contributed by atoms with E-state index in [4.69, 9.17) is 4.74 Å². The number of ether oxygens (including phenoxy) is 1. The molecule has 9 heteroatoms. The molecule has 2 amide bonds. The van der Waals surface area contributed by atoms with Crippen molar-refractivity contribution in [3.8, 4) is 11.1 Å². The lowest BCUT2D eigenvalue weighted by Gasteiger charge is -2.14. The van der Waals surface area contributed by atoms with E-state index in [1.807, 2.05) is 18.2 Å². The predicted octanol–water partition coefficient (Wildman–Crippen LogP) is 3.52. The summed E-state index contributed by atoms with van der Waals surface area (Å²) in [6, 6.07) is 11.8. The van der Waals surface area contributed by atoms with Gasteiger partial charge in [-0.25, -0.2) is 9.18 Å². The first-order chi connectivity index (χ1) is 15.4. The molecule has 2 aliphatic rings. The van der Waals surface area contributed by atoms with Gasteiger partial charge in [0.25, 0.3) is 0 Å². The van der Waals surface area contributed by atoms with Crippen molar-refractivity contribution in [1.29, 1.82) is 0 Å². The van der Waals surface area contributed by atoms with Gasteiger partial charge < -0.3 is 10.1 Å². The van der Waals surface area contributed by atoms with Gasteiger partial charge in [0, 0.05) is 25.1 Å². The lowest BCUT2D eigenvalue weighted by molar-refractivity contribution is -0.119. The van der Waals surface area contributed by atoms with Crippen LogP contribution in [0.15, 0.2) is 59.7 Å². The SMILES string of the molecule is CC(=O)NC[C@H]1CN(c2ccc(-c3ccc(CS(=O)C4=NC=CC4)cc3)c(F)c2)C(=O)O1. The van der Waals surface area contributed by atoms with Crippen molar-refractivity contribution in [1.82, 2.24) is 5.32 Å². The number of hydrogen-bond donors (Lipinski definition) is 1. The number of cyclic esters (lactones) is 1. The molecule has 2 aliphatic heterocycles. The van der Waals surface area contributed by atoms with E-state index < -0.39 is 28.8 Å². The largest absolute Gasteiger partial charge is 0.442 e. The van der Waals surface area contributed by atoms with E-state index >= 15 is 0 Å². The molecule has 7 nitrogen and oxygen atoms in total. The minimum absolute atomic E-state index is 0.207. The Hall–Kier alpha value is -3.33. The number of carbonyl (C=O) groups is 2. The number of hydrogen-bond acceptors (Lipinski definition) is 5. The smallest absolute Gasteiger partial charge is 0.414 e. The molecule has 1 saturated heterocycles. The second kappa shape index (κ2) is 9.44. The molecule has 0 bridgehead atoms. The van der Waals surface area contributed by atoms with E-state index in [1.54, 1.807) is 30.5 Å². The van der Waals surface area contributed by atoms with Gasteiger partial charge in [-0.05, 0) is 29.3 Å². The quantitative estimate of drug-likeness (QED) is 0.722. The molecule has 4 rings (SSSR count). The molecular weight excluding hydrogens is 433 g/mol. The summed E-state index contributed by atoms with van der Waals surface area (Å²) in [6.07, 6.45) is 3.08. The molecule has 0 saturated carbocycles. The highest BCUT2D eigenvalue weighted by Crippen LogP contribution is 2.29. The molecule has 166 valence electrons. The number of carbonyl (C=O) groups excluding carboxylic acids is 2. The van der Waals surface area contributed by atoms with Crippen molar-refractivity contribution in [3.63, 3.8) is 0 Å². The number of benzene rings is 2. The second-order valence-electron chi connectivity index (χ2n) is 7.52. The van der Waals surface area contributed by atoms with Gasteiger partial charge in [0.05, 0.1) is 35.3 Å². The van der Waals surface area contributed by atoms with Crippen LogP contribution in [0.3, 0.4) is 0 Å². The molecule has 2 aromatic carbocycles. The maximum Gasteiger partial charge on any atom is 0.414 e. The third-order valence-electron chi connectivity index (χ3n) is 5.16. The van der Waals surface area contributed by atoms with Gasteiger partial charge in [-0.2, -0.15) is 0 Å². The second-order valence-corrected chi connectivity index (χ2v) is 8.97. The Morgan fingerprint density at radius 1 is 1.28 bits per heavy atom. The first kappa shape index (κ1) is 21.9. The van der Waals surface area contributed by atoms with Crippen molar-refractivity contribution < 1.29 is 22.9 Å². The highest BCUT2D eigenvalue weighted by Gasteiger charge is 2.32. The van der Waals surface area contributed by atoms with Gasteiger partial charge in [-0.1, -0.05) is 30.3 Å². The zero-order chi connectivity index (χ0) is 22.7. The first-order valence-electron chi connectivity index (χ1n) is 10.1. The Bertz CT molecular complexity index is 1130. The highest BCUT2D eigenvalue weighted by molar-refractivity contribution is 8.00. The molecule has 1 unspecified atom stereocenters. The standard InChI is InChI=1S/C23H22FN3O4S/c1-15(28)26-12-19-13-27(23(29)31-19)18-8-9-20(21(24)11-18)17-6-4-16(5-7-17)14-32(30)22-3-2-10-25-22/h2,4-11,19H,3,12-14H2,1H3,(H,26,28)/t19-,32?/m0/s1. The molecule has 32 heavy (non-hydrogen) atoms. The molecule has 2 atom stereocenters. The van der Waals surface area contributed by atoms with Gasteiger partial charge in [0.2, 0.25) is 5.91 Å². The molecule has 0 radical (unpaired) electrons. The highest BCUT2D eigenvalue weighted by atomic mass is 32.2. The third-order valence-corrected chi connectivity index (χ3v) is 6.55. The van der Waals surface area contributed by atoms with Crippen LogP contribution in [-0.4, -0.2) is 40.4 Å². The van der Waals surface area contributed by atoms with Gasteiger partial charge in [0.15, 0.2) is 0 Å². The number of nitrogens with one attached hydrogen (secondary N) is 1. The van der Waals surface area contributed by atoms with Crippen LogP contribution in [0.2, 0.25) is 0 Å². The van der Waals surface area contributed by atoms with Crippen molar-refractivity contribution in [2.24, 2.45) is 4.99 Å². The fraction of sp³-hybridized carbons (Fsp3) is 0.261. The summed E-state index contributed by atoms with van der Waals surface area (Å²) in [5.74, 6) is -0.321. The number of amides is 2. The average Bonchev–Trinajstić information content (AvgIpc) is 3.43. The van der Waals surface area contributed by atoms with E-state index in [2.05, 4.69) is 10.3 Å². The number of halogens is 1. The zero-order valence-electron chi connectivity index (χ0n) is 17.4. The minimum atomic E-state index is -1.18. The molecular formula is C23H22FN3O4S. The Morgan fingerprint density at radius 3 is 2.72 bits per heavy atom. The zero-order valence-corrected chi connectivity index (χ0v) is 18.2. The predicted molar refractivity (Wildman–Crippen MR) is 121 cm³/mol. The van der Waals surface area contributed by atoms with Crippen LogP contribution in [-0.2, 0) is 26.1 Å². The molecule has 1 fully saturated rings. The fourth-order valence-electron chi connectivity index (χ4n) is 3.51. The number of rotatable bonds is 6. The van der Waals surface area contributed by atoms with E-state index in [9.17, 15) is 18.2 Å². The molecule has 0 spiro atoms. The normalized spacial score (nSPS) is 18.4. The van der Waals surface area contributed by atoms with Crippen LogP contribution in [0.25, 0.3) is 11.1 Å². The summed E-state index contributed by atoms with van der Waals surface area (Å²) < 4.78 is 32.4. The minimum Gasteiger partial charge on any atom is -0.442 e. The maximum atomic E-state index is 14.9. The summed E-state index contributed by atoms with van der Waals surface area (Å²) in [7, 11) is -1.18. The summed E-state index contributed by atoms with van der Waals surface area (Å²) in [5, 5.41) is 3.27. The number of nitrogens with zero attached hydrogens (tertiary/aromatic N) is 2. The lowest BCUT2D eigenvalue weighted by Crippen LogP contribution is -2.33. The number of anilines is 1. The van der Waals surface area contributed by atoms with E-state index in [0.29, 0.717) is 34.0 Å². The summed E-state index contributed by atoms with van der Waals surface area (Å²) >= 11 is 0. The Balaban J connectivity index is 1.43. The fourth-order valence-corrected chi connectivity index (χ4v) is 4.63. The maximum absolute atomic E-state index is 14.9. The van der Waals surface area contributed by atoms with Crippen molar-refractivity contribution in [2.45, 2.75) is 25.2 Å². The van der Waals surface area contributed by atoms with Crippen molar-refractivity contribution in [2.75, 3.05) is 18.0 Å². The van der Waals surface area contributed by atoms with Crippen LogP contribution in [0.5, 0.6) is 0 Å². The Kier molecular flexibility index (Phi) is 6.45. The van der Waals surface area contributed by atoms with E-state index in [1.165, 1.54) is 17.9 Å².